The molecule has 0 saturated heterocycles. The quantitative estimate of drug-likeness (QED) is 0.562. The maximum absolute atomic E-state index is 13.6. The SMILES string of the molecule is Cc1c(C(=O)Nc2ccc(S(C)(=O)=O)cc2)cn(CC(N)=O)c1-c1ccccc1C(F)(F)F. The first kappa shape index (κ1) is 24.1. The van der Waals surface area contributed by atoms with Crippen LogP contribution in [0.1, 0.15) is 21.5 Å². The Balaban J connectivity index is 2.06. The number of benzene rings is 2. The predicted octanol–water partition coefficient (Wildman–Crippen LogP) is 3.62. The number of carbonyl (C=O) groups excluding carboxylic acids is 2. The van der Waals surface area contributed by atoms with Crippen LogP contribution in [0, 0.1) is 6.92 Å². The van der Waals surface area contributed by atoms with Crippen LogP contribution in [0.5, 0.6) is 0 Å². The second-order valence-corrected chi connectivity index (χ2v) is 9.42. The zero-order chi connectivity index (χ0) is 24.6. The third kappa shape index (κ3) is 5.25. The first-order chi connectivity index (χ1) is 15.3. The summed E-state index contributed by atoms with van der Waals surface area (Å²) in [5, 5.41) is 2.58. The molecule has 11 heteroatoms. The monoisotopic (exact) mass is 479 g/mol. The topological polar surface area (TPSA) is 111 Å². The van der Waals surface area contributed by atoms with Crippen LogP contribution in [0.3, 0.4) is 0 Å². The van der Waals surface area contributed by atoms with Crippen LogP contribution in [0.15, 0.2) is 59.6 Å². The number of alkyl halides is 3. The van der Waals surface area contributed by atoms with Gasteiger partial charge in [0.1, 0.15) is 6.54 Å². The van der Waals surface area contributed by atoms with E-state index in [-0.39, 0.29) is 33.0 Å². The molecule has 3 aromatic rings. The first-order valence-corrected chi connectivity index (χ1v) is 11.4. The number of aromatic nitrogens is 1. The van der Waals surface area contributed by atoms with E-state index in [0.29, 0.717) is 0 Å². The number of nitrogens with zero attached hydrogens (tertiary/aromatic N) is 1. The Morgan fingerprint density at radius 2 is 1.67 bits per heavy atom. The molecule has 0 aliphatic heterocycles. The summed E-state index contributed by atoms with van der Waals surface area (Å²) >= 11 is 0. The van der Waals surface area contributed by atoms with E-state index in [4.69, 9.17) is 5.73 Å². The number of rotatable bonds is 6. The molecule has 174 valence electrons. The molecular weight excluding hydrogens is 459 g/mol. The van der Waals surface area contributed by atoms with Crippen molar-refractivity contribution in [3.8, 4) is 11.3 Å². The largest absolute Gasteiger partial charge is 0.417 e. The zero-order valence-electron chi connectivity index (χ0n) is 17.6. The highest BCUT2D eigenvalue weighted by Gasteiger charge is 2.35. The maximum atomic E-state index is 13.6. The molecule has 0 fully saturated rings. The number of hydrogen-bond acceptors (Lipinski definition) is 4. The second-order valence-electron chi connectivity index (χ2n) is 7.40. The summed E-state index contributed by atoms with van der Waals surface area (Å²) < 4.78 is 65.2. The fourth-order valence-electron chi connectivity index (χ4n) is 3.46. The lowest BCUT2D eigenvalue weighted by atomic mass is 10.00. The molecule has 0 aliphatic rings. The number of carbonyl (C=O) groups is 2. The zero-order valence-corrected chi connectivity index (χ0v) is 18.4. The van der Waals surface area contributed by atoms with Gasteiger partial charge in [-0.15, -0.1) is 0 Å². The van der Waals surface area contributed by atoms with Gasteiger partial charge in [0.05, 0.1) is 21.7 Å². The first-order valence-electron chi connectivity index (χ1n) is 9.55. The summed E-state index contributed by atoms with van der Waals surface area (Å²) in [6.07, 6.45) is -2.34. The number of nitrogens with one attached hydrogen (secondary N) is 1. The molecule has 2 aromatic carbocycles. The Bertz CT molecular complexity index is 1330. The van der Waals surface area contributed by atoms with E-state index in [1.54, 1.807) is 0 Å². The minimum Gasteiger partial charge on any atom is -0.368 e. The molecule has 7 nitrogen and oxygen atoms in total. The molecule has 0 unspecified atom stereocenters. The van der Waals surface area contributed by atoms with Crippen molar-refractivity contribution in [3.05, 3.63) is 71.4 Å². The van der Waals surface area contributed by atoms with Crippen molar-refractivity contribution in [2.24, 2.45) is 5.73 Å². The van der Waals surface area contributed by atoms with Crippen molar-refractivity contribution < 1.29 is 31.2 Å². The molecule has 0 radical (unpaired) electrons. The maximum Gasteiger partial charge on any atom is 0.417 e. The Morgan fingerprint density at radius 3 is 2.21 bits per heavy atom. The fraction of sp³-hybridized carbons (Fsp3) is 0.182. The van der Waals surface area contributed by atoms with Gasteiger partial charge in [0.15, 0.2) is 9.84 Å². The van der Waals surface area contributed by atoms with Crippen molar-refractivity contribution >= 4 is 27.3 Å². The van der Waals surface area contributed by atoms with Crippen molar-refractivity contribution in [2.75, 3.05) is 11.6 Å². The molecule has 0 atom stereocenters. The summed E-state index contributed by atoms with van der Waals surface area (Å²) in [6, 6.07) is 10.3. The highest BCUT2D eigenvalue weighted by molar-refractivity contribution is 7.90. The Morgan fingerprint density at radius 1 is 1.06 bits per heavy atom. The molecule has 0 aliphatic carbocycles. The number of hydrogen-bond donors (Lipinski definition) is 2. The van der Waals surface area contributed by atoms with Crippen LogP contribution in [-0.2, 0) is 27.4 Å². The van der Waals surface area contributed by atoms with Crippen molar-refractivity contribution in [2.45, 2.75) is 24.5 Å². The minimum atomic E-state index is -4.66. The number of halogens is 3. The van der Waals surface area contributed by atoms with E-state index >= 15 is 0 Å². The van der Waals surface area contributed by atoms with Gasteiger partial charge < -0.3 is 15.6 Å². The average molecular weight is 479 g/mol. The highest BCUT2D eigenvalue weighted by Crippen LogP contribution is 2.39. The molecule has 0 saturated carbocycles. The summed E-state index contributed by atoms with van der Waals surface area (Å²) in [6.45, 7) is 1.04. The Kier molecular flexibility index (Phi) is 6.37. The van der Waals surface area contributed by atoms with Gasteiger partial charge in [-0.3, -0.25) is 9.59 Å². The minimum absolute atomic E-state index is 0.0374. The van der Waals surface area contributed by atoms with Gasteiger partial charge >= 0.3 is 6.18 Å². The molecule has 1 heterocycles. The normalized spacial score (nSPS) is 11.9. The van der Waals surface area contributed by atoms with Gasteiger partial charge in [-0.2, -0.15) is 13.2 Å². The number of anilines is 1. The van der Waals surface area contributed by atoms with Crippen LogP contribution >= 0.6 is 0 Å². The summed E-state index contributed by atoms with van der Waals surface area (Å²) in [5.41, 5.74) is 4.74. The van der Waals surface area contributed by atoms with Crippen LogP contribution in [-0.4, -0.2) is 31.1 Å². The number of sulfone groups is 1. The van der Waals surface area contributed by atoms with Gasteiger partial charge in [0.2, 0.25) is 5.91 Å². The van der Waals surface area contributed by atoms with Crippen LogP contribution in [0.4, 0.5) is 18.9 Å². The fourth-order valence-corrected chi connectivity index (χ4v) is 4.09. The molecule has 0 spiro atoms. The molecule has 1 aromatic heterocycles. The predicted molar refractivity (Wildman–Crippen MR) is 116 cm³/mol. The Hall–Kier alpha value is -3.60. The van der Waals surface area contributed by atoms with E-state index < -0.39 is 39.9 Å². The standard InChI is InChI=1S/C22H20F3N3O4S/c1-13-17(21(30)27-14-7-9-15(10-8-14)33(2,31)32)11-28(12-19(26)29)20(13)16-5-3-4-6-18(16)22(23,24)25/h3-11H,12H2,1-2H3,(H2,26,29)(H,27,30). The summed E-state index contributed by atoms with van der Waals surface area (Å²) in [5.74, 6) is -1.44. The highest BCUT2D eigenvalue weighted by atomic mass is 32.2. The summed E-state index contributed by atoms with van der Waals surface area (Å²) in [4.78, 5) is 24.5. The van der Waals surface area contributed by atoms with Gasteiger partial charge in [-0.25, -0.2) is 8.42 Å². The molecule has 3 N–H and O–H groups in total. The van der Waals surface area contributed by atoms with E-state index in [1.165, 1.54) is 60.2 Å². The van der Waals surface area contributed by atoms with E-state index in [1.807, 2.05) is 0 Å². The van der Waals surface area contributed by atoms with Crippen LogP contribution in [0.2, 0.25) is 0 Å². The number of nitrogens with two attached hydrogens (primary N) is 1. The third-order valence-electron chi connectivity index (χ3n) is 4.93. The van der Waals surface area contributed by atoms with E-state index in [9.17, 15) is 31.2 Å². The number of primary amides is 1. The van der Waals surface area contributed by atoms with Gasteiger partial charge in [0, 0.05) is 23.7 Å². The molecule has 33 heavy (non-hydrogen) atoms. The lowest BCUT2D eigenvalue weighted by molar-refractivity contribution is -0.137. The van der Waals surface area contributed by atoms with E-state index in [0.717, 1.165) is 12.3 Å². The van der Waals surface area contributed by atoms with E-state index in [2.05, 4.69) is 5.32 Å². The molecular formula is C22H20F3N3O4S. The van der Waals surface area contributed by atoms with Crippen LogP contribution in [0.25, 0.3) is 11.3 Å². The van der Waals surface area contributed by atoms with Crippen LogP contribution < -0.4 is 11.1 Å². The molecule has 0 bridgehead atoms. The van der Waals surface area contributed by atoms with Gasteiger partial charge in [-0.1, -0.05) is 18.2 Å². The smallest absolute Gasteiger partial charge is 0.368 e. The van der Waals surface area contributed by atoms with Crippen molar-refractivity contribution in [1.29, 1.82) is 0 Å². The van der Waals surface area contributed by atoms with Gasteiger partial charge in [-0.05, 0) is 42.8 Å². The number of amides is 2. The lowest BCUT2D eigenvalue weighted by Crippen LogP contribution is -2.19. The lowest BCUT2D eigenvalue weighted by Gasteiger charge is -2.15. The van der Waals surface area contributed by atoms with Crippen molar-refractivity contribution in [1.82, 2.24) is 4.57 Å². The van der Waals surface area contributed by atoms with Gasteiger partial charge in [0.25, 0.3) is 5.91 Å². The summed E-state index contributed by atoms with van der Waals surface area (Å²) in [7, 11) is -3.42. The molecule has 2 amide bonds. The molecule has 3 rings (SSSR count). The third-order valence-corrected chi connectivity index (χ3v) is 6.06. The van der Waals surface area contributed by atoms with Crippen molar-refractivity contribution in [3.63, 3.8) is 0 Å². The average Bonchev–Trinajstić information content (AvgIpc) is 3.02. The second kappa shape index (κ2) is 8.74. The Labute approximate surface area is 187 Å².